The van der Waals surface area contributed by atoms with Crippen LogP contribution in [0.1, 0.15) is 22.7 Å². The zero-order valence-electron chi connectivity index (χ0n) is 17.4. The molecule has 158 valence electrons. The molecule has 3 aromatic carbocycles. The fraction of sp³-hybridized carbons (Fsp3) is 0.167. The smallest absolute Gasteiger partial charge is 0.247 e. The lowest BCUT2D eigenvalue weighted by Crippen LogP contribution is -2.33. The van der Waals surface area contributed by atoms with Gasteiger partial charge in [-0.15, -0.1) is 0 Å². The fourth-order valence-electron chi connectivity index (χ4n) is 3.14. The Hall–Kier alpha value is -4.18. The van der Waals surface area contributed by atoms with E-state index in [1.165, 1.54) is 14.2 Å². The lowest BCUT2D eigenvalue weighted by molar-refractivity contribution is -0.122. The van der Waals surface area contributed by atoms with Crippen molar-refractivity contribution in [2.45, 2.75) is 12.6 Å². The van der Waals surface area contributed by atoms with Crippen LogP contribution in [0, 0.1) is 11.3 Å². The van der Waals surface area contributed by atoms with E-state index in [1.54, 1.807) is 36.4 Å². The first-order valence-corrected chi connectivity index (χ1v) is 9.65. The topological polar surface area (TPSA) is 109 Å². The number of anilines is 2. The molecule has 7 heteroatoms. The molecule has 7 nitrogen and oxygen atoms in total. The van der Waals surface area contributed by atoms with Gasteiger partial charge in [0.2, 0.25) is 5.91 Å². The lowest BCUT2D eigenvalue weighted by Gasteiger charge is -2.23. The number of hydrogen-bond acceptors (Lipinski definition) is 6. The summed E-state index contributed by atoms with van der Waals surface area (Å²) >= 11 is 0. The Kier molecular flexibility index (Phi) is 6.97. The lowest BCUT2D eigenvalue weighted by atomic mass is 10.0. The summed E-state index contributed by atoms with van der Waals surface area (Å²) in [5.41, 5.74) is 9.39. The maximum atomic E-state index is 13.2. The average Bonchev–Trinajstić information content (AvgIpc) is 2.82. The van der Waals surface area contributed by atoms with Gasteiger partial charge in [-0.2, -0.15) is 5.26 Å². The van der Waals surface area contributed by atoms with Gasteiger partial charge in [0.25, 0.3) is 0 Å². The van der Waals surface area contributed by atoms with E-state index in [-0.39, 0.29) is 5.91 Å². The fourth-order valence-corrected chi connectivity index (χ4v) is 3.14. The van der Waals surface area contributed by atoms with Crippen LogP contribution in [0.4, 0.5) is 11.4 Å². The Labute approximate surface area is 181 Å². The number of methoxy groups -OCH3 is 2. The predicted octanol–water partition coefficient (Wildman–Crippen LogP) is 3.63. The van der Waals surface area contributed by atoms with Crippen molar-refractivity contribution < 1.29 is 14.3 Å². The third-order valence-corrected chi connectivity index (χ3v) is 4.80. The highest BCUT2D eigenvalue weighted by atomic mass is 16.5. The standard InChI is InChI=1S/C24H24N4O3/c1-30-21-12-19(20(26)13-22(21)31-2)23(28-18-10-8-16(14-25)9-11-18)24(29)27-15-17-6-4-3-5-7-17/h3-13,23,28H,15,26H2,1-2H3,(H,27,29). The highest BCUT2D eigenvalue weighted by molar-refractivity contribution is 5.88. The van der Waals surface area contributed by atoms with Crippen LogP contribution < -0.4 is 25.8 Å². The van der Waals surface area contributed by atoms with Crippen LogP contribution in [0.5, 0.6) is 11.5 Å². The van der Waals surface area contributed by atoms with E-state index < -0.39 is 6.04 Å². The molecule has 0 saturated carbocycles. The Morgan fingerprint density at radius 3 is 2.29 bits per heavy atom. The summed E-state index contributed by atoms with van der Waals surface area (Å²) < 4.78 is 10.7. The summed E-state index contributed by atoms with van der Waals surface area (Å²) in [7, 11) is 3.05. The van der Waals surface area contributed by atoms with Gasteiger partial charge in [0.15, 0.2) is 11.5 Å². The molecular formula is C24H24N4O3. The number of rotatable bonds is 8. The van der Waals surface area contributed by atoms with Gasteiger partial charge < -0.3 is 25.8 Å². The summed E-state index contributed by atoms with van der Waals surface area (Å²) in [6.07, 6.45) is 0. The minimum absolute atomic E-state index is 0.257. The number of amides is 1. The molecule has 0 heterocycles. The number of benzene rings is 3. The van der Waals surface area contributed by atoms with Crippen molar-refractivity contribution in [1.29, 1.82) is 5.26 Å². The molecule has 0 saturated heterocycles. The Bertz CT molecular complexity index is 1080. The first kappa shape index (κ1) is 21.5. The first-order chi connectivity index (χ1) is 15.0. The molecule has 0 fully saturated rings. The van der Waals surface area contributed by atoms with Crippen LogP contribution in [-0.4, -0.2) is 20.1 Å². The van der Waals surface area contributed by atoms with Crippen molar-refractivity contribution in [2.24, 2.45) is 0 Å². The highest BCUT2D eigenvalue weighted by Gasteiger charge is 2.25. The van der Waals surface area contributed by atoms with Gasteiger partial charge in [0, 0.05) is 29.5 Å². The Morgan fingerprint density at radius 2 is 1.68 bits per heavy atom. The zero-order valence-corrected chi connectivity index (χ0v) is 17.4. The van der Waals surface area contributed by atoms with Crippen LogP contribution in [0.2, 0.25) is 0 Å². The molecule has 31 heavy (non-hydrogen) atoms. The third-order valence-electron chi connectivity index (χ3n) is 4.80. The number of nitrogens with two attached hydrogens (primary N) is 1. The van der Waals surface area contributed by atoms with Gasteiger partial charge in [0.1, 0.15) is 6.04 Å². The van der Waals surface area contributed by atoms with E-state index >= 15 is 0 Å². The van der Waals surface area contributed by atoms with Gasteiger partial charge in [-0.25, -0.2) is 0 Å². The molecule has 4 N–H and O–H groups in total. The number of carbonyl (C=O) groups is 1. The van der Waals surface area contributed by atoms with Crippen molar-refractivity contribution >= 4 is 17.3 Å². The van der Waals surface area contributed by atoms with E-state index in [2.05, 4.69) is 16.7 Å². The molecule has 1 atom stereocenters. The minimum Gasteiger partial charge on any atom is -0.493 e. The number of nitriles is 1. The van der Waals surface area contributed by atoms with Crippen LogP contribution in [0.3, 0.4) is 0 Å². The van der Waals surface area contributed by atoms with Crippen LogP contribution in [0.25, 0.3) is 0 Å². The quantitative estimate of drug-likeness (QED) is 0.484. The molecule has 0 aliphatic carbocycles. The van der Waals surface area contributed by atoms with Gasteiger partial charge in [-0.3, -0.25) is 4.79 Å². The molecule has 0 bridgehead atoms. The maximum Gasteiger partial charge on any atom is 0.247 e. The van der Waals surface area contributed by atoms with Gasteiger partial charge in [-0.05, 0) is 35.9 Å². The summed E-state index contributed by atoms with van der Waals surface area (Å²) in [6.45, 7) is 0.373. The highest BCUT2D eigenvalue weighted by Crippen LogP contribution is 2.36. The van der Waals surface area contributed by atoms with E-state index in [1.807, 2.05) is 30.3 Å². The maximum absolute atomic E-state index is 13.2. The van der Waals surface area contributed by atoms with E-state index in [0.717, 1.165) is 5.56 Å². The monoisotopic (exact) mass is 416 g/mol. The second-order valence-electron chi connectivity index (χ2n) is 6.81. The molecule has 3 aromatic rings. The van der Waals surface area contributed by atoms with Gasteiger partial charge in [-0.1, -0.05) is 30.3 Å². The number of ether oxygens (including phenoxy) is 2. The number of nitrogens with one attached hydrogen (secondary N) is 2. The SMILES string of the molecule is COc1cc(N)c(C(Nc2ccc(C#N)cc2)C(=O)NCc2ccccc2)cc1OC. The second-order valence-corrected chi connectivity index (χ2v) is 6.81. The molecule has 0 aromatic heterocycles. The Balaban J connectivity index is 1.93. The van der Waals surface area contributed by atoms with Crippen molar-refractivity contribution in [3.63, 3.8) is 0 Å². The molecule has 0 aliphatic heterocycles. The second kappa shape index (κ2) is 10.0. The predicted molar refractivity (Wildman–Crippen MR) is 120 cm³/mol. The average molecular weight is 416 g/mol. The van der Waals surface area contributed by atoms with Crippen molar-refractivity contribution in [3.05, 3.63) is 83.4 Å². The number of hydrogen-bond donors (Lipinski definition) is 3. The van der Waals surface area contributed by atoms with Gasteiger partial charge in [0.05, 0.1) is 25.9 Å². The van der Waals surface area contributed by atoms with Crippen LogP contribution >= 0.6 is 0 Å². The van der Waals surface area contributed by atoms with Crippen molar-refractivity contribution in [3.8, 4) is 17.6 Å². The van der Waals surface area contributed by atoms with E-state index in [9.17, 15) is 4.79 Å². The number of nitrogens with zero attached hydrogens (tertiary/aromatic N) is 1. The number of nitrogen functional groups attached to an aromatic ring is 1. The molecule has 0 aliphatic rings. The molecule has 1 unspecified atom stereocenters. The summed E-state index contributed by atoms with van der Waals surface area (Å²) in [6, 6.07) is 21.1. The zero-order chi connectivity index (χ0) is 22.2. The first-order valence-electron chi connectivity index (χ1n) is 9.65. The largest absolute Gasteiger partial charge is 0.493 e. The van der Waals surface area contributed by atoms with E-state index in [4.69, 9.17) is 20.5 Å². The molecule has 0 spiro atoms. The third kappa shape index (κ3) is 5.25. The molecule has 1 amide bonds. The minimum atomic E-state index is -0.795. The van der Waals surface area contributed by atoms with Gasteiger partial charge >= 0.3 is 0 Å². The normalized spacial score (nSPS) is 11.1. The number of carbonyl (C=O) groups excluding carboxylic acids is 1. The summed E-state index contributed by atoms with van der Waals surface area (Å²) in [5.74, 6) is 0.687. The van der Waals surface area contributed by atoms with Crippen molar-refractivity contribution in [1.82, 2.24) is 5.32 Å². The van der Waals surface area contributed by atoms with E-state index in [0.29, 0.717) is 40.5 Å². The molecule has 3 rings (SSSR count). The molecule has 0 radical (unpaired) electrons. The van der Waals surface area contributed by atoms with Crippen LogP contribution in [-0.2, 0) is 11.3 Å². The summed E-state index contributed by atoms with van der Waals surface area (Å²) in [5, 5.41) is 15.2. The molecular weight excluding hydrogens is 392 g/mol. The summed E-state index contributed by atoms with van der Waals surface area (Å²) in [4.78, 5) is 13.2. The van der Waals surface area contributed by atoms with Crippen LogP contribution in [0.15, 0.2) is 66.7 Å². The van der Waals surface area contributed by atoms with Crippen molar-refractivity contribution in [2.75, 3.05) is 25.3 Å². The Morgan fingerprint density at radius 1 is 1.03 bits per heavy atom.